The van der Waals surface area contributed by atoms with Crippen LogP contribution in [0.2, 0.25) is 0 Å². The molecule has 2 heteroatoms. The summed E-state index contributed by atoms with van der Waals surface area (Å²) < 4.78 is 2.58. The van der Waals surface area contributed by atoms with E-state index in [9.17, 15) is 0 Å². The van der Waals surface area contributed by atoms with E-state index in [-0.39, 0.29) is 0 Å². The van der Waals surface area contributed by atoms with Gasteiger partial charge in [0.15, 0.2) is 0 Å². The molecule has 1 heterocycles. The van der Waals surface area contributed by atoms with Crippen LogP contribution in [0, 0.1) is 13.8 Å². The molecule has 0 aliphatic carbocycles. The van der Waals surface area contributed by atoms with Gasteiger partial charge in [0.25, 0.3) is 0 Å². The molecule has 0 aliphatic heterocycles. The summed E-state index contributed by atoms with van der Waals surface area (Å²) in [6, 6.07) is 4.28. The first-order chi connectivity index (χ1) is 5.70. The Labute approximate surface area is 84.4 Å². The average molecular weight is 241 g/mol. The minimum Gasteiger partial charge on any atom is -0.142 e. The number of hydrogen-bond donors (Lipinski definition) is 0. The second kappa shape index (κ2) is 2.86. The molecule has 0 radical (unpaired) electrons. The molecule has 0 amide bonds. The highest BCUT2D eigenvalue weighted by Gasteiger charge is 2.05. The van der Waals surface area contributed by atoms with E-state index in [1.54, 1.807) is 0 Å². The van der Waals surface area contributed by atoms with Crippen molar-refractivity contribution in [2.24, 2.45) is 0 Å². The van der Waals surface area contributed by atoms with Gasteiger partial charge in [-0.05, 0) is 57.7 Å². The van der Waals surface area contributed by atoms with Gasteiger partial charge in [0.1, 0.15) is 0 Å². The fraction of sp³-hybridized carbons (Fsp3) is 0.200. The molecular formula is C10H9BrS. The van der Waals surface area contributed by atoms with Gasteiger partial charge in [0.2, 0.25) is 0 Å². The maximum Gasteiger partial charge on any atom is 0.0490 e. The molecule has 0 N–H and O–H groups in total. The fourth-order valence-corrected chi connectivity index (χ4v) is 3.11. The van der Waals surface area contributed by atoms with Crippen LogP contribution in [0.5, 0.6) is 0 Å². The first-order valence-electron chi connectivity index (χ1n) is 3.83. The van der Waals surface area contributed by atoms with Gasteiger partial charge in [-0.3, -0.25) is 0 Å². The van der Waals surface area contributed by atoms with E-state index in [1.165, 1.54) is 25.7 Å². The Morgan fingerprint density at radius 2 is 1.92 bits per heavy atom. The first kappa shape index (κ1) is 8.27. The second-order valence-corrected chi connectivity index (χ2v) is 4.72. The zero-order chi connectivity index (χ0) is 8.72. The van der Waals surface area contributed by atoms with Crippen molar-refractivity contribution in [3.8, 4) is 0 Å². The summed E-state index contributed by atoms with van der Waals surface area (Å²) in [6.45, 7) is 4.33. The molecule has 2 aromatic rings. The molecule has 0 unspecified atom stereocenters. The Morgan fingerprint density at radius 3 is 2.58 bits per heavy atom. The van der Waals surface area contributed by atoms with Gasteiger partial charge in [-0.25, -0.2) is 0 Å². The smallest absolute Gasteiger partial charge is 0.0490 e. The van der Waals surface area contributed by atoms with Crippen LogP contribution in [0.3, 0.4) is 0 Å². The predicted molar refractivity (Wildman–Crippen MR) is 59.0 cm³/mol. The van der Waals surface area contributed by atoms with Crippen LogP contribution < -0.4 is 0 Å². The van der Waals surface area contributed by atoms with Gasteiger partial charge < -0.3 is 0 Å². The molecule has 0 saturated heterocycles. The van der Waals surface area contributed by atoms with Crippen LogP contribution in [0.1, 0.15) is 11.1 Å². The highest BCUT2D eigenvalue weighted by molar-refractivity contribution is 9.10. The minimum absolute atomic E-state index is 1.21. The monoisotopic (exact) mass is 240 g/mol. The number of benzene rings is 1. The molecule has 0 spiro atoms. The molecule has 0 fully saturated rings. The lowest BCUT2D eigenvalue weighted by atomic mass is 10.1. The first-order valence-corrected chi connectivity index (χ1v) is 5.50. The fourth-order valence-electron chi connectivity index (χ4n) is 1.47. The number of thiophene rings is 1. The number of hydrogen-bond acceptors (Lipinski definition) is 1. The third-order valence-electron chi connectivity index (χ3n) is 2.07. The van der Waals surface area contributed by atoms with Gasteiger partial charge in [0, 0.05) is 9.17 Å². The van der Waals surface area contributed by atoms with E-state index < -0.39 is 0 Å². The van der Waals surface area contributed by atoms with Crippen LogP contribution >= 0.6 is 27.3 Å². The standard InChI is InChI=1S/C10H9BrS/c1-6-3-4-8(11)10-9(6)7(2)5-12-10/h3-5H,1-2H3. The van der Waals surface area contributed by atoms with Gasteiger partial charge in [-0.15, -0.1) is 11.3 Å². The highest BCUT2D eigenvalue weighted by Crippen LogP contribution is 2.33. The Morgan fingerprint density at radius 1 is 1.17 bits per heavy atom. The van der Waals surface area contributed by atoms with Crippen LogP contribution in [-0.2, 0) is 0 Å². The van der Waals surface area contributed by atoms with Crippen molar-refractivity contribution in [2.45, 2.75) is 13.8 Å². The molecule has 2 rings (SSSR count). The average Bonchev–Trinajstić information content (AvgIpc) is 2.42. The van der Waals surface area contributed by atoms with E-state index in [0.717, 1.165) is 0 Å². The Kier molecular flexibility index (Phi) is 1.97. The van der Waals surface area contributed by atoms with Crippen molar-refractivity contribution in [3.05, 3.63) is 33.1 Å². The van der Waals surface area contributed by atoms with Crippen molar-refractivity contribution in [1.29, 1.82) is 0 Å². The molecular weight excluding hydrogens is 232 g/mol. The SMILES string of the molecule is Cc1ccc(Br)c2scc(C)c12. The number of halogens is 1. The zero-order valence-corrected chi connectivity index (χ0v) is 9.42. The predicted octanol–water partition coefficient (Wildman–Crippen LogP) is 4.28. The molecule has 0 saturated carbocycles. The van der Waals surface area contributed by atoms with Crippen molar-refractivity contribution < 1.29 is 0 Å². The summed E-state index contributed by atoms with van der Waals surface area (Å²) in [5.41, 5.74) is 2.75. The lowest BCUT2D eigenvalue weighted by molar-refractivity contribution is 1.49. The lowest BCUT2D eigenvalue weighted by Crippen LogP contribution is -1.76. The van der Waals surface area contributed by atoms with E-state index in [4.69, 9.17) is 0 Å². The summed E-state index contributed by atoms with van der Waals surface area (Å²) in [7, 11) is 0. The minimum atomic E-state index is 1.21. The third kappa shape index (κ3) is 1.10. The van der Waals surface area contributed by atoms with Crippen LogP contribution in [-0.4, -0.2) is 0 Å². The van der Waals surface area contributed by atoms with E-state index in [1.807, 2.05) is 11.3 Å². The van der Waals surface area contributed by atoms with Gasteiger partial charge in [-0.2, -0.15) is 0 Å². The number of rotatable bonds is 0. The maximum absolute atomic E-state index is 3.55. The molecule has 12 heavy (non-hydrogen) atoms. The number of aryl methyl sites for hydroxylation is 2. The van der Waals surface area contributed by atoms with E-state index >= 15 is 0 Å². The van der Waals surface area contributed by atoms with Crippen LogP contribution in [0.4, 0.5) is 0 Å². The van der Waals surface area contributed by atoms with Crippen LogP contribution in [0.25, 0.3) is 10.1 Å². The van der Waals surface area contributed by atoms with Crippen molar-refractivity contribution >= 4 is 37.4 Å². The summed E-state index contributed by atoms with van der Waals surface area (Å²) in [6.07, 6.45) is 0. The normalized spacial score (nSPS) is 10.9. The van der Waals surface area contributed by atoms with E-state index in [0.29, 0.717) is 0 Å². The van der Waals surface area contributed by atoms with Gasteiger partial charge in [-0.1, -0.05) is 6.07 Å². The molecule has 0 nitrogen and oxygen atoms in total. The molecule has 0 bridgehead atoms. The van der Waals surface area contributed by atoms with Crippen molar-refractivity contribution in [2.75, 3.05) is 0 Å². The van der Waals surface area contributed by atoms with Gasteiger partial charge in [0.05, 0.1) is 0 Å². The molecule has 1 aromatic carbocycles. The van der Waals surface area contributed by atoms with Crippen LogP contribution in [0.15, 0.2) is 22.0 Å². The quantitative estimate of drug-likeness (QED) is 0.645. The third-order valence-corrected chi connectivity index (χ3v) is 4.12. The largest absolute Gasteiger partial charge is 0.142 e. The summed E-state index contributed by atoms with van der Waals surface area (Å²) >= 11 is 5.36. The lowest BCUT2D eigenvalue weighted by Gasteiger charge is -1.98. The molecule has 0 aliphatic rings. The topological polar surface area (TPSA) is 0 Å². The Balaban J connectivity index is 2.98. The van der Waals surface area contributed by atoms with Crippen molar-refractivity contribution in [1.82, 2.24) is 0 Å². The second-order valence-electron chi connectivity index (χ2n) is 2.99. The Bertz CT molecular complexity index is 429. The summed E-state index contributed by atoms with van der Waals surface area (Å²) in [5, 5.41) is 3.62. The Hall–Kier alpha value is -0.340. The van der Waals surface area contributed by atoms with E-state index in [2.05, 4.69) is 47.3 Å². The summed E-state index contributed by atoms with van der Waals surface area (Å²) in [4.78, 5) is 0. The van der Waals surface area contributed by atoms with Crippen molar-refractivity contribution in [3.63, 3.8) is 0 Å². The maximum atomic E-state index is 3.55. The van der Waals surface area contributed by atoms with Gasteiger partial charge >= 0.3 is 0 Å². The highest BCUT2D eigenvalue weighted by atomic mass is 79.9. The summed E-state index contributed by atoms with van der Waals surface area (Å²) in [5.74, 6) is 0. The molecule has 62 valence electrons. The number of fused-ring (bicyclic) bond motifs is 1. The zero-order valence-electron chi connectivity index (χ0n) is 7.02. The molecule has 1 aromatic heterocycles. The molecule has 0 atom stereocenters.